The molecule has 1 amide bonds. The Morgan fingerprint density at radius 1 is 0.867 bits per heavy atom. The quantitative estimate of drug-likeness (QED) is 0.570. The standard InChI is InChI=1S/C24H21F2NO3/c25-17-5-1-15(2-6-17)22(29)14-13-21-23(16-3-11-20(28)12-4-16)27(24(21)30)19-9-7-18(26)8-10-19/h1-12,21-23,28-29H,13-14H2/t21-,22+,23+/m0/s1. The number of amides is 1. The molecule has 1 fully saturated rings. The number of anilines is 1. The zero-order valence-corrected chi connectivity index (χ0v) is 16.1. The Labute approximate surface area is 173 Å². The Balaban J connectivity index is 1.55. The number of β-lactam (4-membered cyclic amide) rings is 1. The number of aliphatic hydroxyl groups is 1. The third kappa shape index (κ3) is 3.91. The largest absolute Gasteiger partial charge is 0.508 e. The second-order valence-electron chi connectivity index (χ2n) is 7.47. The third-order valence-electron chi connectivity index (χ3n) is 5.56. The Bertz CT molecular complexity index is 1020. The fourth-order valence-corrected chi connectivity index (χ4v) is 3.96. The van der Waals surface area contributed by atoms with Gasteiger partial charge in [-0.15, -0.1) is 0 Å². The number of hydrogen-bond donors (Lipinski definition) is 2. The van der Waals surface area contributed by atoms with Crippen LogP contribution in [-0.4, -0.2) is 16.1 Å². The van der Waals surface area contributed by atoms with Gasteiger partial charge in [-0.1, -0.05) is 24.3 Å². The zero-order chi connectivity index (χ0) is 21.3. The second kappa shape index (κ2) is 8.24. The van der Waals surface area contributed by atoms with E-state index in [1.807, 2.05) is 0 Å². The number of benzene rings is 3. The van der Waals surface area contributed by atoms with Crippen LogP contribution in [0.5, 0.6) is 5.75 Å². The predicted molar refractivity (Wildman–Crippen MR) is 109 cm³/mol. The van der Waals surface area contributed by atoms with Crippen molar-refractivity contribution in [2.75, 3.05) is 4.90 Å². The number of halogens is 2. The second-order valence-corrected chi connectivity index (χ2v) is 7.47. The van der Waals surface area contributed by atoms with Crippen LogP contribution in [0.2, 0.25) is 0 Å². The molecular weight excluding hydrogens is 388 g/mol. The van der Waals surface area contributed by atoms with Gasteiger partial charge in [-0.3, -0.25) is 4.79 Å². The van der Waals surface area contributed by atoms with Crippen LogP contribution in [-0.2, 0) is 4.79 Å². The van der Waals surface area contributed by atoms with Gasteiger partial charge in [-0.2, -0.15) is 0 Å². The highest BCUT2D eigenvalue weighted by Gasteiger charge is 2.48. The molecule has 2 N–H and O–H groups in total. The minimum atomic E-state index is -0.807. The van der Waals surface area contributed by atoms with Crippen LogP contribution in [0.4, 0.5) is 14.5 Å². The summed E-state index contributed by atoms with van der Waals surface area (Å²) in [6.07, 6.45) is -0.0344. The van der Waals surface area contributed by atoms with E-state index in [2.05, 4.69) is 0 Å². The molecule has 30 heavy (non-hydrogen) atoms. The van der Waals surface area contributed by atoms with Gasteiger partial charge in [0, 0.05) is 5.69 Å². The molecule has 6 heteroatoms. The molecule has 1 heterocycles. The van der Waals surface area contributed by atoms with Crippen molar-refractivity contribution in [1.29, 1.82) is 0 Å². The first-order valence-corrected chi connectivity index (χ1v) is 9.75. The number of aliphatic hydroxyl groups excluding tert-OH is 1. The van der Waals surface area contributed by atoms with Gasteiger partial charge in [0.2, 0.25) is 5.91 Å². The lowest BCUT2D eigenvalue weighted by Gasteiger charge is -2.48. The molecule has 0 bridgehead atoms. The van der Waals surface area contributed by atoms with Gasteiger partial charge in [0.25, 0.3) is 0 Å². The molecular formula is C24H21F2NO3. The number of hydrogen-bond acceptors (Lipinski definition) is 3. The van der Waals surface area contributed by atoms with E-state index in [-0.39, 0.29) is 35.3 Å². The maximum absolute atomic E-state index is 13.3. The molecule has 1 aliphatic heterocycles. The summed E-state index contributed by atoms with van der Waals surface area (Å²) in [5.41, 5.74) is 2.03. The minimum absolute atomic E-state index is 0.106. The fourth-order valence-electron chi connectivity index (χ4n) is 3.96. The van der Waals surface area contributed by atoms with Gasteiger partial charge in [-0.25, -0.2) is 8.78 Å². The highest BCUT2D eigenvalue weighted by Crippen LogP contribution is 2.46. The van der Waals surface area contributed by atoms with E-state index in [0.717, 1.165) is 5.56 Å². The maximum atomic E-state index is 13.3. The van der Waals surface area contributed by atoms with Gasteiger partial charge in [-0.05, 0) is 72.5 Å². The number of rotatable bonds is 6. The highest BCUT2D eigenvalue weighted by molar-refractivity contribution is 6.03. The van der Waals surface area contributed by atoms with Crippen molar-refractivity contribution >= 4 is 11.6 Å². The normalized spacial score (nSPS) is 19.4. The molecule has 4 nitrogen and oxygen atoms in total. The molecule has 0 aliphatic carbocycles. The summed E-state index contributed by atoms with van der Waals surface area (Å²) in [5.74, 6) is -1.10. The molecule has 0 aromatic heterocycles. The fraction of sp³-hybridized carbons (Fsp3) is 0.208. The molecule has 154 valence electrons. The molecule has 0 saturated carbocycles. The number of phenols is 1. The molecule has 3 aromatic carbocycles. The first-order chi connectivity index (χ1) is 14.4. The third-order valence-corrected chi connectivity index (χ3v) is 5.56. The van der Waals surface area contributed by atoms with Crippen LogP contribution < -0.4 is 4.90 Å². The van der Waals surface area contributed by atoms with Crippen molar-refractivity contribution in [1.82, 2.24) is 0 Å². The molecule has 0 unspecified atom stereocenters. The monoisotopic (exact) mass is 409 g/mol. The van der Waals surface area contributed by atoms with E-state index in [0.29, 0.717) is 24.1 Å². The molecule has 0 spiro atoms. The van der Waals surface area contributed by atoms with Crippen molar-refractivity contribution in [2.24, 2.45) is 5.92 Å². The van der Waals surface area contributed by atoms with Crippen LogP contribution in [0.25, 0.3) is 0 Å². The molecule has 1 aliphatic rings. The molecule has 3 aromatic rings. The van der Waals surface area contributed by atoms with Crippen LogP contribution in [0, 0.1) is 17.6 Å². The SMILES string of the molecule is O=C1[C@@H](CC[C@@H](O)c2ccc(F)cc2)[C@@H](c2ccc(O)cc2)N1c1ccc(F)cc1. The lowest BCUT2D eigenvalue weighted by molar-refractivity contribution is -0.131. The molecule has 3 atom stereocenters. The molecule has 4 rings (SSSR count). The van der Waals surface area contributed by atoms with Crippen molar-refractivity contribution in [2.45, 2.75) is 25.0 Å². The number of phenolic OH excluding ortho intramolecular Hbond substituents is 1. The van der Waals surface area contributed by atoms with Crippen LogP contribution in [0.1, 0.15) is 36.1 Å². The Kier molecular flexibility index (Phi) is 5.50. The summed E-state index contributed by atoms with van der Waals surface area (Å²) in [7, 11) is 0. The lowest BCUT2D eigenvalue weighted by Crippen LogP contribution is -2.55. The summed E-state index contributed by atoms with van der Waals surface area (Å²) in [6.45, 7) is 0. The van der Waals surface area contributed by atoms with E-state index in [9.17, 15) is 23.8 Å². The minimum Gasteiger partial charge on any atom is -0.508 e. The molecule has 0 radical (unpaired) electrons. The number of nitrogens with zero attached hydrogens (tertiary/aromatic N) is 1. The topological polar surface area (TPSA) is 60.8 Å². The predicted octanol–water partition coefficient (Wildman–Crippen LogP) is 4.89. The van der Waals surface area contributed by atoms with E-state index in [1.54, 1.807) is 41.3 Å². The van der Waals surface area contributed by atoms with E-state index < -0.39 is 6.10 Å². The zero-order valence-electron chi connectivity index (χ0n) is 16.1. The first kappa shape index (κ1) is 20.0. The average molecular weight is 409 g/mol. The van der Waals surface area contributed by atoms with Crippen molar-refractivity contribution in [3.05, 3.63) is 95.6 Å². The first-order valence-electron chi connectivity index (χ1n) is 9.75. The van der Waals surface area contributed by atoms with E-state index in [1.165, 1.54) is 36.4 Å². The van der Waals surface area contributed by atoms with Gasteiger partial charge in [0.1, 0.15) is 17.4 Å². The van der Waals surface area contributed by atoms with Crippen molar-refractivity contribution < 1.29 is 23.8 Å². The number of carbonyl (C=O) groups is 1. The average Bonchev–Trinajstić information content (AvgIpc) is 2.74. The van der Waals surface area contributed by atoms with E-state index >= 15 is 0 Å². The highest BCUT2D eigenvalue weighted by atomic mass is 19.1. The van der Waals surface area contributed by atoms with Crippen LogP contribution in [0.3, 0.4) is 0 Å². The van der Waals surface area contributed by atoms with Crippen molar-refractivity contribution in [3.8, 4) is 5.75 Å². The Morgan fingerprint density at radius 3 is 2.03 bits per heavy atom. The van der Waals surface area contributed by atoms with Crippen LogP contribution in [0.15, 0.2) is 72.8 Å². The maximum Gasteiger partial charge on any atom is 0.233 e. The van der Waals surface area contributed by atoms with Gasteiger partial charge in [0.15, 0.2) is 0 Å². The Morgan fingerprint density at radius 2 is 1.43 bits per heavy atom. The van der Waals surface area contributed by atoms with E-state index in [4.69, 9.17) is 0 Å². The number of carbonyl (C=O) groups excluding carboxylic acids is 1. The smallest absolute Gasteiger partial charge is 0.233 e. The van der Waals surface area contributed by atoms with Gasteiger partial charge < -0.3 is 15.1 Å². The van der Waals surface area contributed by atoms with Crippen molar-refractivity contribution in [3.63, 3.8) is 0 Å². The summed E-state index contributed by atoms with van der Waals surface area (Å²) in [6, 6.07) is 17.7. The van der Waals surface area contributed by atoms with Crippen LogP contribution >= 0.6 is 0 Å². The number of aromatic hydroxyl groups is 1. The summed E-state index contributed by atoms with van der Waals surface area (Å²) < 4.78 is 26.4. The Hall–Kier alpha value is -3.25. The lowest BCUT2D eigenvalue weighted by atomic mass is 9.78. The summed E-state index contributed by atoms with van der Waals surface area (Å²) in [4.78, 5) is 14.6. The molecule has 1 saturated heterocycles. The summed E-state index contributed by atoms with van der Waals surface area (Å²) >= 11 is 0. The van der Waals surface area contributed by atoms with Gasteiger partial charge >= 0.3 is 0 Å². The van der Waals surface area contributed by atoms with Gasteiger partial charge in [0.05, 0.1) is 18.1 Å². The summed E-state index contributed by atoms with van der Waals surface area (Å²) in [5, 5.41) is 20.1.